The van der Waals surface area contributed by atoms with Gasteiger partial charge in [-0.2, -0.15) is 0 Å². The fraction of sp³-hybridized carbons (Fsp3) is 0.0870. The Bertz CT molecular complexity index is 1340. The second-order valence-electron chi connectivity index (χ2n) is 7.11. The molecule has 0 saturated carbocycles. The number of oxazole rings is 1. The van der Waals surface area contributed by atoms with Crippen LogP contribution in [0.1, 0.15) is 0 Å². The summed E-state index contributed by atoms with van der Waals surface area (Å²) in [5, 5.41) is 2.36. The van der Waals surface area contributed by atoms with E-state index in [2.05, 4.69) is 34.0 Å². The first-order chi connectivity index (χ1) is 14.8. The van der Waals surface area contributed by atoms with Gasteiger partial charge in [0.05, 0.1) is 30.2 Å². The van der Waals surface area contributed by atoms with Gasteiger partial charge in [-0.1, -0.05) is 23.5 Å². The Balaban J connectivity index is 1.33. The molecule has 0 atom stereocenters. The third-order valence-corrected chi connectivity index (χ3v) is 6.33. The number of furan rings is 1. The van der Waals surface area contributed by atoms with Crippen LogP contribution >= 0.6 is 11.3 Å². The number of rotatable bonds is 4. The number of nitrogens with zero attached hydrogens (tertiary/aromatic N) is 3. The van der Waals surface area contributed by atoms with Gasteiger partial charge in [-0.25, -0.2) is 4.98 Å². The van der Waals surface area contributed by atoms with Crippen LogP contribution in [0.2, 0.25) is 0 Å². The van der Waals surface area contributed by atoms with Crippen LogP contribution < -0.4 is 14.5 Å². The smallest absolute Gasteiger partial charge is 0.225 e. The quantitative estimate of drug-likeness (QED) is 0.334. The molecule has 148 valence electrons. The zero-order valence-electron chi connectivity index (χ0n) is 16.1. The largest absolute Gasteiger partial charge is 0.457 e. The lowest BCUT2D eigenvalue weighted by Crippen LogP contribution is -2.24. The molecular formula is C23H17N3O3S. The fourth-order valence-corrected chi connectivity index (χ4v) is 4.87. The highest BCUT2D eigenvalue weighted by Crippen LogP contribution is 2.51. The van der Waals surface area contributed by atoms with E-state index < -0.39 is 0 Å². The molecule has 0 amide bonds. The molecule has 0 fully saturated rings. The lowest BCUT2D eigenvalue weighted by Gasteiger charge is -2.20. The highest BCUT2D eigenvalue weighted by atomic mass is 32.1. The first kappa shape index (κ1) is 17.2. The maximum Gasteiger partial charge on any atom is 0.225 e. The summed E-state index contributed by atoms with van der Waals surface area (Å²) in [4.78, 5) is 9.69. The number of hydrogen-bond acceptors (Lipinski definition) is 7. The molecule has 0 radical (unpaired) electrons. The molecule has 0 saturated heterocycles. The Morgan fingerprint density at radius 1 is 1.00 bits per heavy atom. The van der Waals surface area contributed by atoms with Gasteiger partial charge in [-0.15, -0.1) is 0 Å². The number of ether oxygens (including phenoxy) is 1. The van der Waals surface area contributed by atoms with Crippen molar-refractivity contribution in [2.45, 2.75) is 0 Å². The molecule has 3 aromatic heterocycles. The minimum absolute atomic E-state index is 0.573. The van der Waals surface area contributed by atoms with Crippen LogP contribution in [0.15, 0.2) is 82.2 Å². The molecule has 6 nitrogen and oxygen atoms in total. The second kappa shape index (κ2) is 6.67. The van der Waals surface area contributed by atoms with E-state index in [0.29, 0.717) is 5.89 Å². The van der Waals surface area contributed by atoms with Crippen LogP contribution in [0, 0.1) is 0 Å². The zero-order chi connectivity index (χ0) is 20.1. The average molecular weight is 415 g/mol. The molecule has 1 aliphatic rings. The Labute approximate surface area is 176 Å². The number of anilines is 3. The maximum atomic E-state index is 6.16. The summed E-state index contributed by atoms with van der Waals surface area (Å²) >= 11 is 1.68. The van der Waals surface area contributed by atoms with E-state index in [9.17, 15) is 0 Å². The molecule has 30 heavy (non-hydrogen) atoms. The van der Waals surface area contributed by atoms with Gasteiger partial charge in [0, 0.05) is 24.4 Å². The van der Waals surface area contributed by atoms with E-state index in [4.69, 9.17) is 13.6 Å². The van der Waals surface area contributed by atoms with E-state index in [0.717, 1.165) is 39.7 Å². The first-order valence-corrected chi connectivity index (χ1v) is 10.3. The molecule has 7 heteroatoms. The predicted molar refractivity (Wildman–Crippen MR) is 118 cm³/mol. The van der Waals surface area contributed by atoms with Crippen LogP contribution in [0.4, 0.5) is 16.4 Å². The molecule has 6 rings (SSSR count). The molecule has 0 unspecified atom stereocenters. The summed E-state index contributed by atoms with van der Waals surface area (Å²) in [7, 11) is 2.10. The maximum absolute atomic E-state index is 6.16. The van der Waals surface area contributed by atoms with E-state index in [1.54, 1.807) is 30.1 Å². The summed E-state index contributed by atoms with van der Waals surface area (Å²) in [6.45, 7) is 0.783. The molecule has 5 aromatic rings. The first-order valence-electron chi connectivity index (χ1n) is 9.53. The molecule has 1 aliphatic heterocycles. The van der Waals surface area contributed by atoms with Gasteiger partial charge >= 0.3 is 0 Å². The highest BCUT2D eigenvalue weighted by molar-refractivity contribution is 7.23. The van der Waals surface area contributed by atoms with E-state index in [-0.39, 0.29) is 0 Å². The van der Waals surface area contributed by atoms with Gasteiger partial charge in [0.25, 0.3) is 0 Å². The van der Waals surface area contributed by atoms with Gasteiger partial charge in [-0.05, 0) is 36.4 Å². The van der Waals surface area contributed by atoms with Crippen LogP contribution in [-0.4, -0.2) is 18.7 Å². The fourth-order valence-electron chi connectivity index (χ4n) is 3.79. The SMILES string of the molecule is CN1CN(c2cccc(Oc3cccc(-c4ncco4)c3)c2)c2c1sc1occc21. The van der Waals surface area contributed by atoms with Crippen molar-refractivity contribution in [1.82, 2.24) is 4.98 Å². The predicted octanol–water partition coefficient (Wildman–Crippen LogP) is 6.49. The Morgan fingerprint density at radius 2 is 1.87 bits per heavy atom. The number of hydrogen-bond donors (Lipinski definition) is 0. The molecule has 0 spiro atoms. The standard InChI is InChI=1S/C23H17N3O3S/c1-25-14-26(20-19-8-10-28-23(19)30-22(20)25)16-5-3-7-18(13-16)29-17-6-2-4-15(12-17)21-24-9-11-27-21/h2-13H,14H2,1H3. The molecular weight excluding hydrogens is 398 g/mol. The Kier molecular flexibility index (Phi) is 3.82. The van der Waals surface area contributed by atoms with Gasteiger partial charge in [0.2, 0.25) is 5.89 Å². The van der Waals surface area contributed by atoms with Crippen molar-refractivity contribution in [3.63, 3.8) is 0 Å². The van der Waals surface area contributed by atoms with Crippen molar-refractivity contribution in [1.29, 1.82) is 0 Å². The summed E-state index contributed by atoms with van der Waals surface area (Å²) in [5.41, 5.74) is 3.14. The summed E-state index contributed by atoms with van der Waals surface area (Å²) < 4.78 is 17.2. The van der Waals surface area contributed by atoms with Crippen LogP contribution in [0.25, 0.3) is 21.7 Å². The molecule has 4 heterocycles. The summed E-state index contributed by atoms with van der Waals surface area (Å²) in [6.07, 6.45) is 4.95. The number of thiophene rings is 1. The van der Waals surface area contributed by atoms with Crippen LogP contribution in [-0.2, 0) is 0 Å². The lowest BCUT2D eigenvalue weighted by molar-refractivity contribution is 0.482. The summed E-state index contributed by atoms with van der Waals surface area (Å²) in [6, 6.07) is 17.9. The van der Waals surface area contributed by atoms with Gasteiger partial charge in [0.1, 0.15) is 22.8 Å². The van der Waals surface area contributed by atoms with Crippen molar-refractivity contribution in [3.8, 4) is 23.0 Å². The van der Waals surface area contributed by atoms with Crippen LogP contribution in [0.5, 0.6) is 11.5 Å². The topological polar surface area (TPSA) is 54.9 Å². The number of fused-ring (bicyclic) bond motifs is 3. The van der Waals surface area contributed by atoms with Crippen molar-refractivity contribution >= 4 is 38.0 Å². The highest BCUT2D eigenvalue weighted by Gasteiger charge is 2.30. The molecule has 0 aliphatic carbocycles. The number of aromatic nitrogens is 1. The average Bonchev–Trinajstić information content (AvgIpc) is 3.53. The minimum atomic E-state index is 0.573. The van der Waals surface area contributed by atoms with Gasteiger partial charge in [0.15, 0.2) is 4.90 Å². The monoisotopic (exact) mass is 415 g/mol. The lowest BCUT2D eigenvalue weighted by atomic mass is 10.2. The van der Waals surface area contributed by atoms with E-state index >= 15 is 0 Å². The van der Waals surface area contributed by atoms with E-state index in [1.807, 2.05) is 42.5 Å². The van der Waals surface area contributed by atoms with Gasteiger partial charge in [-0.3, -0.25) is 0 Å². The van der Waals surface area contributed by atoms with Crippen molar-refractivity contribution in [2.24, 2.45) is 0 Å². The van der Waals surface area contributed by atoms with Crippen molar-refractivity contribution in [2.75, 3.05) is 23.5 Å². The molecule has 0 bridgehead atoms. The van der Waals surface area contributed by atoms with Gasteiger partial charge < -0.3 is 23.4 Å². The van der Waals surface area contributed by atoms with Crippen LogP contribution in [0.3, 0.4) is 0 Å². The van der Waals surface area contributed by atoms with Crippen molar-refractivity contribution in [3.05, 3.63) is 73.3 Å². The van der Waals surface area contributed by atoms with Crippen molar-refractivity contribution < 1.29 is 13.6 Å². The zero-order valence-corrected chi connectivity index (χ0v) is 16.9. The second-order valence-corrected chi connectivity index (χ2v) is 8.07. The normalized spacial score (nSPS) is 13.2. The Hall–Kier alpha value is -3.71. The Morgan fingerprint density at radius 3 is 2.73 bits per heavy atom. The molecule has 2 aromatic carbocycles. The third-order valence-electron chi connectivity index (χ3n) is 5.13. The molecule has 0 N–H and O–H groups in total. The minimum Gasteiger partial charge on any atom is -0.457 e. The third kappa shape index (κ3) is 2.74. The van der Waals surface area contributed by atoms with E-state index in [1.165, 1.54) is 10.7 Å². The summed E-state index contributed by atoms with van der Waals surface area (Å²) in [5.74, 6) is 2.07. The number of benzene rings is 2.